The summed E-state index contributed by atoms with van der Waals surface area (Å²) in [6, 6.07) is 7.68. The fraction of sp³-hybridized carbons (Fsp3) is 0.333. The van der Waals surface area contributed by atoms with Gasteiger partial charge in [0.1, 0.15) is 5.76 Å². The van der Waals surface area contributed by atoms with Gasteiger partial charge in [0.2, 0.25) is 0 Å². The smallest absolute Gasteiger partial charge is 0.336 e. The van der Waals surface area contributed by atoms with E-state index in [9.17, 15) is 9.59 Å². The summed E-state index contributed by atoms with van der Waals surface area (Å²) in [4.78, 5) is 26.8. The molecule has 2 aromatic rings. The van der Waals surface area contributed by atoms with Crippen molar-refractivity contribution in [2.45, 2.75) is 38.5 Å². The molecule has 1 N–H and O–H groups in total. The number of rotatable bonds is 4. The van der Waals surface area contributed by atoms with Crippen molar-refractivity contribution >= 4 is 23.1 Å². The molecule has 0 unspecified atom stereocenters. The number of hydrogen-bond acceptors (Lipinski definition) is 6. The molecule has 0 spiro atoms. The Morgan fingerprint density at radius 2 is 2.19 bits per heavy atom. The van der Waals surface area contributed by atoms with Crippen LogP contribution in [-0.2, 0) is 14.3 Å². The molecule has 5 nitrogen and oxygen atoms in total. The summed E-state index contributed by atoms with van der Waals surface area (Å²) in [7, 11) is 0. The Hall–Kier alpha value is -2.60. The van der Waals surface area contributed by atoms with Crippen LogP contribution in [0.5, 0.6) is 0 Å². The lowest BCUT2D eigenvalue weighted by Gasteiger charge is -2.35. The topological polar surface area (TPSA) is 68.5 Å². The quantitative estimate of drug-likeness (QED) is 0.799. The molecule has 4 rings (SSSR count). The van der Waals surface area contributed by atoms with E-state index in [4.69, 9.17) is 9.15 Å². The Kier molecular flexibility index (Phi) is 4.74. The van der Waals surface area contributed by atoms with Crippen LogP contribution in [0.4, 0.5) is 0 Å². The molecule has 0 bridgehead atoms. The van der Waals surface area contributed by atoms with Crippen molar-refractivity contribution in [2.75, 3.05) is 6.61 Å². The fourth-order valence-corrected chi connectivity index (χ4v) is 4.83. The first-order chi connectivity index (χ1) is 13.1. The molecular weight excluding hydrogens is 362 g/mol. The molecule has 3 heterocycles. The molecule has 1 aliphatic carbocycles. The summed E-state index contributed by atoms with van der Waals surface area (Å²) in [5.41, 5.74) is 2.85. The van der Waals surface area contributed by atoms with Crippen LogP contribution in [0, 0.1) is 0 Å². The Labute approximate surface area is 161 Å². The minimum Gasteiger partial charge on any atom is -0.469 e. The lowest BCUT2D eigenvalue weighted by molar-refractivity contribution is -0.138. The van der Waals surface area contributed by atoms with E-state index in [0.717, 1.165) is 22.0 Å². The number of nitrogens with one attached hydrogen (secondary N) is 1. The highest BCUT2D eigenvalue weighted by Gasteiger charge is 2.42. The fourth-order valence-electron chi connectivity index (χ4n) is 3.98. The predicted molar refractivity (Wildman–Crippen MR) is 102 cm³/mol. The lowest BCUT2D eigenvalue weighted by Crippen LogP contribution is -2.35. The minimum absolute atomic E-state index is 0.0136. The van der Waals surface area contributed by atoms with Crippen molar-refractivity contribution in [3.8, 4) is 0 Å². The summed E-state index contributed by atoms with van der Waals surface area (Å²) in [5.74, 6) is 0.151. The Bertz CT molecular complexity index is 922. The Morgan fingerprint density at radius 3 is 2.85 bits per heavy atom. The second-order valence-corrected chi connectivity index (χ2v) is 7.75. The number of ketones is 1. The normalized spacial score (nSPS) is 22.5. The zero-order valence-corrected chi connectivity index (χ0v) is 16.1. The van der Waals surface area contributed by atoms with Gasteiger partial charge in [-0.2, -0.15) is 0 Å². The summed E-state index contributed by atoms with van der Waals surface area (Å²) in [5, 5.41) is 5.29. The van der Waals surface area contributed by atoms with Crippen LogP contribution in [0.3, 0.4) is 0 Å². The van der Waals surface area contributed by atoms with Crippen LogP contribution in [-0.4, -0.2) is 18.4 Å². The van der Waals surface area contributed by atoms with Crippen LogP contribution < -0.4 is 5.32 Å². The van der Waals surface area contributed by atoms with Gasteiger partial charge in [-0.15, -0.1) is 11.3 Å². The highest BCUT2D eigenvalue weighted by Crippen LogP contribution is 2.46. The summed E-state index contributed by atoms with van der Waals surface area (Å²) in [6.45, 7) is 3.96. The van der Waals surface area contributed by atoms with E-state index in [-0.39, 0.29) is 23.6 Å². The zero-order chi connectivity index (χ0) is 19.0. The van der Waals surface area contributed by atoms with Gasteiger partial charge in [-0.3, -0.25) is 4.79 Å². The number of hydrogen-bond donors (Lipinski definition) is 1. The van der Waals surface area contributed by atoms with Gasteiger partial charge in [-0.25, -0.2) is 4.79 Å². The van der Waals surface area contributed by atoms with E-state index >= 15 is 0 Å². The van der Waals surface area contributed by atoms with Crippen molar-refractivity contribution < 1.29 is 18.7 Å². The van der Waals surface area contributed by atoms with Crippen molar-refractivity contribution in [2.24, 2.45) is 0 Å². The number of carbonyl (C=O) groups excluding carboxylic acids is 2. The van der Waals surface area contributed by atoms with Gasteiger partial charge in [-0.1, -0.05) is 6.07 Å². The highest BCUT2D eigenvalue weighted by molar-refractivity contribution is 7.10. The number of ether oxygens (including phenoxy) is 1. The van der Waals surface area contributed by atoms with E-state index in [1.807, 2.05) is 36.6 Å². The average Bonchev–Trinajstić information content (AvgIpc) is 3.34. The van der Waals surface area contributed by atoms with Gasteiger partial charge in [-0.05, 0) is 43.8 Å². The van der Waals surface area contributed by atoms with Crippen LogP contribution in [0.25, 0.3) is 0 Å². The van der Waals surface area contributed by atoms with Gasteiger partial charge in [0.25, 0.3) is 0 Å². The molecule has 2 aliphatic rings. The Morgan fingerprint density at radius 1 is 1.33 bits per heavy atom. The maximum atomic E-state index is 13.2. The van der Waals surface area contributed by atoms with Gasteiger partial charge >= 0.3 is 5.97 Å². The number of carbonyl (C=O) groups is 2. The van der Waals surface area contributed by atoms with Gasteiger partial charge in [0.15, 0.2) is 5.78 Å². The molecule has 0 aromatic carbocycles. The third-order valence-corrected chi connectivity index (χ3v) is 6.03. The van der Waals surface area contributed by atoms with E-state index in [2.05, 4.69) is 5.32 Å². The molecule has 0 saturated carbocycles. The summed E-state index contributed by atoms with van der Waals surface area (Å²) in [6.07, 6.45) is 2.70. The molecule has 1 aliphatic heterocycles. The van der Waals surface area contributed by atoms with E-state index in [0.29, 0.717) is 30.6 Å². The average molecular weight is 383 g/mol. The zero-order valence-electron chi connectivity index (χ0n) is 15.3. The largest absolute Gasteiger partial charge is 0.469 e. The maximum Gasteiger partial charge on any atom is 0.336 e. The molecule has 0 saturated heterocycles. The number of dihydropyridines is 1. The number of Topliss-reactive ketones (excluding diaryl/α,β-unsaturated/α-hetero) is 1. The van der Waals surface area contributed by atoms with Crippen LogP contribution in [0.1, 0.15) is 49.2 Å². The van der Waals surface area contributed by atoms with E-state index < -0.39 is 0 Å². The van der Waals surface area contributed by atoms with Crippen molar-refractivity contribution in [3.05, 3.63) is 69.1 Å². The van der Waals surface area contributed by atoms with Crippen LogP contribution >= 0.6 is 11.3 Å². The highest BCUT2D eigenvalue weighted by atomic mass is 32.1. The molecule has 140 valence electrons. The molecule has 27 heavy (non-hydrogen) atoms. The SMILES string of the molecule is CCOC(=O)C1=C(C)NC2=C(C(=O)C[C@H](c3ccco3)C2)[C@@H]1c1cccs1. The number of furan rings is 1. The number of allylic oxidation sites excluding steroid dienone is 3. The van der Waals surface area contributed by atoms with E-state index in [1.165, 1.54) is 0 Å². The van der Waals surface area contributed by atoms with Gasteiger partial charge < -0.3 is 14.5 Å². The third kappa shape index (κ3) is 3.14. The molecule has 2 aromatic heterocycles. The summed E-state index contributed by atoms with van der Waals surface area (Å²) >= 11 is 1.55. The first-order valence-electron chi connectivity index (χ1n) is 9.08. The number of thiophene rings is 1. The van der Waals surface area contributed by atoms with Crippen molar-refractivity contribution in [3.63, 3.8) is 0 Å². The number of esters is 1. The van der Waals surface area contributed by atoms with E-state index in [1.54, 1.807) is 24.5 Å². The molecule has 0 amide bonds. The second kappa shape index (κ2) is 7.19. The van der Waals surface area contributed by atoms with Crippen LogP contribution in [0.2, 0.25) is 0 Å². The molecule has 6 heteroatoms. The van der Waals surface area contributed by atoms with Gasteiger partial charge in [0, 0.05) is 34.2 Å². The molecule has 2 atom stereocenters. The predicted octanol–water partition coefficient (Wildman–Crippen LogP) is 4.27. The second-order valence-electron chi connectivity index (χ2n) is 6.77. The standard InChI is InChI=1S/C21H21NO4S/c1-3-25-21(24)18-12(2)22-14-10-13(16-6-4-8-26-16)11-15(23)19(14)20(18)17-7-5-9-27-17/h4-9,13,20,22H,3,10-11H2,1-2H3/t13-,20-/m1/s1. The summed E-state index contributed by atoms with van der Waals surface area (Å²) < 4.78 is 10.8. The Balaban J connectivity index is 1.78. The molecule has 0 fully saturated rings. The first-order valence-corrected chi connectivity index (χ1v) is 9.96. The van der Waals surface area contributed by atoms with Gasteiger partial charge in [0.05, 0.1) is 24.4 Å². The van der Waals surface area contributed by atoms with Crippen molar-refractivity contribution in [1.82, 2.24) is 5.32 Å². The maximum absolute atomic E-state index is 13.2. The van der Waals surface area contributed by atoms with Crippen molar-refractivity contribution in [1.29, 1.82) is 0 Å². The monoisotopic (exact) mass is 383 g/mol. The minimum atomic E-state index is -0.370. The lowest BCUT2D eigenvalue weighted by atomic mass is 9.74. The van der Waals surface area contributed by atoms with Crippen LogP contribution in [0.15, 0.2) is 62.9 Å². The third-order valence-electron chi connectivity index (χ3n) is 5.10. The molecule has 0 radical (unpaired) electrons. The first kappa shape index (κ1) is 17.8. The molecular formula is C21H21NO4S.